The summed E-state index contributed by atoms with van der Waals surface area (Å²) in [4.78, 5) is 20.6. The zero-order valence-corrected chi connectivity index (χ0v) is 36.8. The van der Waals surface area contributed by atoms with Crippen molar-refractivity contribution < 1.29 is 0 Å². The maximum Gasteiger partial charge on any atom is 0.164 e. The molecule has 0 saturated heterocycles. The number of pyridine rings is 1. The number of rotatable bonds is 8. The number of benzene rings is 9. The maximum absolute atomic E-state index is 5.22. The van der Waals surface area contributed by atoms with Crippen LogP contribution >= 0.6 is 0 Å². The number of fused-ring (bicyclic) bond motifs is 6. The lowest BCUT2D eigenvalue weighted by Gasteiger charge is -2.16. The Hall–Kier alpha value is -9.26. The first-order chi connectivity index (χ1) is 33.7. The maximum atomic E-state index is 5.22. The van der Waals surface area contributed by atoms with E-state index in [1.807, 2.05) is 36.4 Å². The molecule has 68 heavy (non-hydrogen) atoms. The normalized spacial score (nSPS) is 11.5. The van der Waals surface area contributed by atoms with Gasteiger partial charge in [-0.15, -0.1) is 0 Å². The number of aromatic nitrogens is 6. The average Bonchev–Trinajstić information content (AvgIpc) is 3.94. The van der Waals surface area contributed by atoms with Crippen LogP contribution in [0.3, 0.4) is 0 Å². The number of hydrogen-bond donors (Lipinski definition) is 0. The fraction of sp³-hybridized carbons (Fsp3) is 0. The van der Waals surface area contributed by atoms with Crippen molar-refractivity contribution in [3.05, 3.63) is 243 Å². The van der Waals surface area contributed by atoms with E-state index in [1.54, 1.807) is 0 Å². The quantitative estimate of drug-likeness (QED) is 0.153. The molecule has 0 N–H and O–H groups in total. The van der Waals surface area contributed by atoms with Crippen LogP contribution in [0.5, 0.6) is 0 Å². The number of para-hydroxylation sites is 4. The van der Waals surface area contributed by atoms with Crippen molar-refractivity contribution in [3.8, 4) is 79.2 Å². The molecule has 13 rings (SSSR count). The molecular weight excluding hydrogens is 829 g/mol. The van der Waals surface area contributed by atoms with Gasteiger partial charge in [0.15, 0.2) is 17.5 Å². The second-order valence-corrected chi connectivity index (χ2v) is 17.0. The average molecular weight is 869 g/mol. The van der Waals surface area contributed by atoms with Crippen LogP contribution < -0.4 is 0 Å². The van der Waals surface area contributed by atoms with Crippen molar-refractivity contribution in [1.82, 2.24) is 29.1 Å². The predicted molar refractivity (Wildman–Crippen MR) is 279 cm³/mol. The fourth-order valence-corrected chi connectivity index (χ4v) is 9.80. The summed E-state index contributed by atoms with van der Waals surface area (Å²) in [7, 11) is 0. The molecule has 0 spiro atoms. The van der Waals surface area contributed by atoms with Crippen LogP contribution in [0.15, 0.2) is 243 Å². The van der Waals surface area contributed by atoms with Gasteiger partial charge in [0.1, 0.15) is 0 Å². The molecule has 0 aliphatic carbocycles. The molecule has 0 saturated carbocycles. The minimum absolute atomic E-state index is 0.598. The first kappa shape index (κ1) is 39.1. The van der Waals surface area contributed by atoms with Crippen LogP contribution in [-0.2, 0) is 0 Å². The first-order valence-corrected chi connectivity index (χ1v) is 22.9. The van der Waals surface area contributed by atoms with Gasteiger partial charge in [0.25, 0.3) is 0 Å². The highest BCUT2D eigenvalue weighted by molar-refractivity contribution is 6.10. The fourth-order valence-electron chi connectivity index (χ4n) is 9.80. The van der Waals surface area contributed by atoms with E-state index < -0.39 is 0 Å². The molecular formula is C62H40N6. The third kappa shape index (κ3) is 6.74. The monoisotopic (exact) mass is 868 g/mol. The third-order valence-corrected chi connectivity index (χ3v) is 13.0. The van der Waals surface area contributed by atoms with E-state index in [2.05, 4.69) is 215 Å². The molecule has 6 nitrogen and oxygen atoms in total. The van der Waals surface area contributed by atoms with Crippen LogP contribution in [0, 0.1) is 0 Å². The van der Waals surface area contributed by atoms with Crippen molar-refractivity contribution in [2.24, 2.45) is 0 Å². The molecule has 4 aromatic heterocycles. The van der Waals surface area contributed by atoms with Crippen molar-refractivity contribution >= 4 is 43.6 Å². The third-order valence-electron chi connectivity index (χ3n) is 13.0. The topological polar surface area (TPSA) is 61.4 Å². The minimum atomic E-state index is 0.598. The Bertz CT molecular complexity index is 3910. The highest BCUT2D eigenvalue weighted by Crippen LogP contribution is 2.39. The van der Waals surface area contributed by atoms with Gasteiger partial charge < -0.3 is 9.13 Å². The Morgan fingerprint density at radius 3 is 1.24 bits per heavy atom. The van der Waals surface area contributed by atoms with Gasteiger partial charge in [0, 0.05) is 60.6 Å². The van der Waals surface area contributed by atoms with Crippen molar-refractivity contribution in [2.45, 2.75) is 0 Å². The summed E-state index contributed by atoms with van der Waals surface area (Å²) >= 11 is 0. The van der Waals surface area contributed by atoms with Crippen LogP contribution in [0.2, 0.25) is 0 Å². The zero-order chi connectivity index (χ0) is 45.0. The largest absolute Gasteiger partial charge is 0.309 e. The predicted octanol–water partition coefficient (Wildman–Crippen LogP) is 15.5. The smallest absolute Gasteiger partial charge is 0.164 e. The summed E-state index contributed by atoms with van der Waals surface area (Å²) in [5, 5.41) is 4.86. The SMILES string of the molecule is c1ccc(-c2cccc(-c3ccc(-n4c5ccccc5c5ccccc54)c(-c4ccc(-c5nc(-c6ccccc6)nc(-c6cccc(-n7c8ccccc8c8ccccc87)c6)n5)cc4)c3)n2)cc1. The lowest BCUT2D eigenvalue weighted by Crippen LogP contribution is -2.01. The molecule has 0 unspecified atom stereocenters. The minimum Gasteiger partial charge on any atom is -0.309 e. The Balaban J connectivity index is 0.951. The summed E-state index contributed by atoms with van der Waals surface area (Å²) < 4.78 is 4.72. The lowest BCUT2D eigenvalue weighted by molar-refractivity contribution is 1.07. The molecule has 0 bridgehead atoms. The van der Waals surface area contributed by atoms with Gasteiger partial charge in [-0.25, -0.2) is 19.9 Å². The molecule has 13 aromatic rings. The van der Waals surface area contributed by atoms with Crippen molar-refractivity contribution in [3.63, 3.8) is 0 Å². The van der Waals surface area contributed by atoms with Gasteiger partial charge in [0.05, 0.1) is 39.1 Å². The molecule has 0 amide bonds. The molecule has 6 heteroatoms. The molecule has 0 fully saturated rings. The standard InChI is InChI=1S/C62H40N6/c1-3-17-42(18-4-1)53-27-16-28-54(63-53)45-37-38-59(68-57-31-13-9-25-50(57)51-26-10-14-32-58(51)68)52(40-45)41-33-35-44(36-34-41)61-64-60(43-19-5-2-6-20-43)65-62(66-61)46-21-15-22-47(39-46)67-55-29-11-7-23-48(55)49-24-8-12-30-56(49)67/h1-40H. The van der Waals surface area contributed by atoms with Crippen molar-refractivity contribution in [1.29, 1.82) is 0 Å². The van der Waals surface area contributed by atoms with Crippen LogP contribution in [0.4, 0.5) is 0 Å². The highest BCUT2D eigenvalue weighted by atomic mass is 15.0. The van der Waals surface area contributed by atoms with Crippen LogP contribution in [-0.4, -0.2) is 29.1 Å². The highest BCUT2D eigenvalue weighted by Gasteiger charge is 2.19. The molecule has 4 heterocycles. The molecule has 318 valence electrons. The zero-order valence-electron chi connectivity index (χ0n) is 36.8. The van der Waals surface area contributed by atoms with Gasteiger partial charge in [-0.05, 0) is 66.2 Å². The van der Waals surface area contributed by atoms with E-state index in [-0.39, 0.29) is 0 Å². The van der Waals surface area contributed by atoms with E-state index in [0.29, 0.717) is 17.5 Å². The van der Waals surface area contributed by atoms with Crippen LogP contribution in [0.1, 0.15) is 0 Å². The Labute approximate surface area is 392 Å². The summed E-state index contributed by atoms with van der Waals surface area (Å²) in [6.45, 7) is 0. The van der Waals surface area contributed by atoms with E-state index in [9.17, 15) is 0 Å². The lowest BCUT2D eigenvalue weighted by atomic mass is 9.97. The summed E-state index contributed by atoms with van der Waals surface area (Å²) in [5.41, 5.74) is 15.5. The Morgan fingerprint density at radius 1 is 0.250 bits per heavy atom. The summed E-state index contributed by atoms with van der Waals surface area (Å²) in [5.74, 6) is 1.82. The van der Waals surface area contributed by atoms with E-state index in [4.69, 9.17) is 19.9 Å². The first-order valence-electron chi connectivity index (χ1n) is 22.9. The molecule has 0 aliphatic rings. The van der Waals surface area contributed by atoms with Crippen LogP contribution in [0.25, 0.3) is 123 Å². The molecule has 9 aromatic carbocycles. The second-order valence-electron chi connectivity index (χ2n) is 17.0. The van der Waals surface area contributed by atoms with Gasteiger partial charge >= 0.3 is 0 Å². The van der Waals surface area contributed by atoms with Gasteiger partial charge in [-0.3, -0.25) is 0 Å². The van der Waals surface area contributed by atoms with E-state index >= 15 is 0 Å². The van der Waals surface area contributed by atoms with E-state index in [1.165, 1.54) is 21.5 Å². The van der Waals surface area contributed by atoms with Gasteiger partial charge in [-0.1, -0.05) is 182 Å². The Morgan fingerprint density at radius 2 is 0.662 bits per heavy atom. The van der Waals surface area contributed by atoms with E-state index in [0.717, 1.165) is 83.8 Å². The van der Waals surface area contributed by atoms with Gasteiger partial charge in [0.2, 0.25) is 0 Å². The molecule has 0 aliphatic heterocycles. The van der Waals surface area contributed by atoms with Gasteiger partial charge in [-0.2, -0.15) is 0 Å². The summed E-state index contributed by atoms with van der Waals surface area (Å²) in [6, 6.07) is 85.1. The molecule has 0 radical (unpaired) electrons. The summed E-state index contributed by atoms with van der Waals surface area (Å²) in [6.07, 6.45) is 0. The molecule has 0 atom stereocenters. The number of nitrogens with zero attached hydrogens (tertiary/aromatic N) is 6. The Kier molecular flexibility index (Phi) is 9.39. The van der Waals surface area contributed by atoms with Crippen molar-refractivity contribution in [2.75, 3.05) is 0 Å². The number of hydrogen-bond acceptors (Lipinski definition) is 4. The second kappa shape index (κ2) is 16.3.